The van der Waals surface area contributed by atoms with Gasteiger partial charge in [-0.2, -0.15) is 0 Å². The fourth-order valence-corrected chi connectivity index (χ4v) is 46.2. The summed E-state index contributed by atoms with van der Waals surface area (Å²) in [5.41, 5.74) is 11.9. The van der Waals surface area contributed by atoms with Crippen LogP contribution in [0.25, 0.3) is 0 Å². The number of rotatable bonds is 30. The van der Waals surface area contributed by atoms with Crippen LogP contribution in [-0.4, -0.2) is 57.7 Å². The summed E-state index contributed by atoms with van der Waals surface area (Å²) in [7, 11) is 0. The Bertz CT molecular complexity index is 2920. The van der Waals surface area contributed by atoms with Crippen LogP contribution in [0.1, 0.15) is 169 Å². The Morgan fingerprint density at radius 2 is 0.565 bits per heavy atom. The van der Waals surface area contributed by atoms with E-state index in [2.05, 4.69) is 263 Å². The number of benzene rings is 8. The van der Waals surface area contributed by atoms with Gasteiger partial charge in [-0.05, 0) is 0 Å². The predicted octanol–water partition coefficient (Wildman–Crippen LogP) is 16.5. The summed E-state index contributed by atoms with van der Waals surface area (Å²) in [4.78, 5) is 32.7. The van der Waals surface area contributed by atoms with Gasteiger partial charge in [-0.15, -0.1) is 0 Å². The molecule has 4 nitrogen and oxygen atoms in total. The van der Waals surface area contributed by atoms with Gasteiger partial charge in [0.05, 0.1) is 0 Å². The predicted molar refractivity (Wildman–Crippen MR) is 368 cm³/mol. The van der Waals surface area contributed by atoms with E-state index < -0.39 is 45.7 Å². The normalized spacial score (nSPS) is 12.6. The Morgan fingerprint density at radius 3 is 0.812 bits per heavy atom. The van der Waals surface area contributed by atoms with E-state index in [4.69, 9.17) is 6.15 Å². The molecule has 0 aromatic heterocycles. The van der Waals surface area contributed by atoms with Gasteiger partial charge >= 0.3 is 527 Å². The van der Waals surface area contributed by atoms with Crippen LogP contribution < -0.4 is 26.4 Å². The first-order chi connectivity index (χ1) is 41.1. The van der Waals surface area contributed by atoms with E-state index in [9.17, 15) is 0 Å². The summed E-state index contributed by atoms with van der Waals surface area (Å²) < 4.78 is 23.8. The molecular formula is C78H96Ge2O4Sn. The summed E-state index contributed by atoms with van der Waals surface area (Å²) in [6.07, 6.45) is 13.4. The zero-order chi connectivity index (χ0) is 60.4. The second-order valence-electron chi connectivity index (χ2n) is 24.9. The summed E-state index contributed by atoms with van der Waals surface area (Å²) in [6, 6.07) is 72.8. The van der Waals surface area contributed by atoms with Gasteiger partial charge in [-0.25, -0.2) is 0 Å². The Labute approximate surface area is 522 Å². The molecule has 0 heterocycles. The Morgan fingerprint density at radius 1 is 0.329 bits per heavy atom. The summed E-state index contributed by atoms with van der Waals surface area (Å²) in [5.74, 6) is -0.451. The molecule has 0 bridgehead atoms. The van der Waals surface area contributed by atoms with Crippen molar-refractivity contribution in [2.24, 2.45) is 0 Å². The van der Waals surface area contributed by atoms with Crippen LogP contribution >= 0.6 is 0 Å². The Hall–Kier alpha value is -5.42. The topological polar surface area (TPSA) is 52.6 Å². The number of unbranched alkanes of at least 4 members (excludes halogenated alkanes) is 10. The molecule has 8 rings (SSSR count). The van der Waals surface area contributed by atoms with Crippen molar-refractivity contribution in [3.63, 3.8) is 0 Å². The molecule has 8 aromatic rings. The average molecular weight is 1360 g/mol. The molecule has 85 heavy (non-hydrogen) atoms. The van der Waals surface area contributed by atoms with Crippen molar-refractivity contribution in [3.8, 4) is 0 Å². The molecular weight excluding hydrogens is 1260 g/mol. The summed E-state index contributed by atoms with van der Waals surface area (Å²) in [5, 5.41) is 0. The van der Waals surface area contributed by atoms with Crippen molar-refractivity contribution >= 4 is 84.1 Å². The standard InChI is InChI=1S/2C31H32GeO2.2C8H17.Sn/c2*1-22-9-15-26(16-10-22)32(27-17-11-23(2)12-18-27,28-19-13-24(3)14-20-28)30(21-31(33)34)29-8-6-5-7-25(29)4;2*1-3-5-7-8-6-4-2;/h2*5-20,30H,21H2,1-4H3,(H,33,34);2*1,3-8H2,2H3;/q;;;;+2/p-2. The zero-order valence-corrected chi connectivity index (χ0v) is 60.1. The van der Waals surface area contributed by atoms with Crippen LogP contribution in [0.4, 0.5) is 0 Å². The van der Waals surface area contributed by atoms with E-state index in [0.29, 0.717) is 8.87 Å². The van der Waals surface area contributed by atoms with E-state index in [1.807, 2.05) is 0 Å². The van der Waals surface area contributed by atoms with Gasteiger partial charge in [0.2, 0.25) is 0 Å². The number of carbonyl (C=O) groups is 2. The Balaban J connectivity index is 1.31. The molecule has 8 aromatic carbocycles. The van der Waals surface area contributed by atoms with Gasteiger partial charge in [-0.3, -0.25) is 0 Å². The van der Waals surface area contributed by atoms with Gasteiger partial charge < -0.3 is 0 Å². The molecule has 2 atom stereocenters. The Kier molecular flexibility index (Phi) is 24.3. The molecule has 0 aliphatic carbocycles. The van der Waals surface area contributed by atoms with E-state index in [1.54, 1.807) is 0 Å². The first-order valence-electron chi connectivity index (χ1n) is 32.1. The quantitative estimate of drug-likeness (QED) is 0.0333. The first kappa shape index (κ1) is 65.6. The van der Waals surface area contributed by atoms with Crippen LogP contribution in [0.15, 0.2) is 194 Å². The maximum absolute atomic E-state index is 16.3. The van der Waals surface area contributed by atoms with E-state index in [-0.39, 0.29) is 34.3 Å². The van der Waals surface area contributed by atoms with Crippen molar-refractivity contribution in [1.82, 2.24) is 0 Å². The molecule has 0 radical (unpaired) electrons. The van der Waals surface area contributed by atoms with Crippen LogP contribution in [0.3, 0.4) is 0 Å². The second kappa shape index (κ2) is 31.5. The molecule has 0 amide bonds. The van der Waals surface area contributed by atoms with E-state index in [1.165, 1.54) is 109 Å². The first-order valence-corrected chi connectivity index (χ1v) is 47.2. The minimum atomic E-state index is -4.86. The molecule has 2 unspecified atom stereocenters. The third-order valence-electron chi connectivity index (χ3n) is 18.4. The van der Waals surface area contributed by atoms with Crippen LogP contribution in [0.2, 0.25) is 8.87 Å². The molecule has 0 saturated heterocycles. The van der Waals surface area contributed by atoms with E-state index >= 15 is 9.59 Å². The molecule has 0 fully saturated rings. The fraction of sp³-hybridized carbons (Fsp3) is 0.359. The third kappa shape index (κ3) is 16.2. The molecule has 0 spiro atoms. The molecule has 7 heteroatoms. The molecule has 444 valence electrons. The molecule has 0 aliphatic heterocycles. The van der Waals surface area contributed by atoms with Crippen molar-refractivity contribution in [2.45, 2.75) is 178 Å². The number of hydrogen-bond donors (Lipinski definition) is 0. The average Bonchev–Trinajstić information content (AvgIpc) is 0.877. The number of aryl methyl sites for hydroxylation is 8. The van der Waals surface area contributed by atoms with Gasteiger partial charge in [0, 0.05) is 0 Å². The van der Waals surface area contributed by atoms with Crippen molar-refractivity contribution in [1.29, 1.82) is 0 Å². The van der Waals surface area contributed by atoms with Crippen LogP contribution in [0, 0.1) is 55.4 Å². The summed E-state index contributed by atoms with van der Waals surface area (Å²) >= 11 is -13.0. The van der Waals surface area contributed by atoms with Gasteiger partial charge in [0.1, 0.15) is 0 Å². The fourth-order valence-electron chi connectivity index (χ4n) is 13.6. The zero-order valence-electron chi connectivity index (χ0n) is 53.1. The summed E-state index contributed by atoms with van der Waals surface area (Å²) in [6.45, 7) is 21.9. The number of hydrogen-bond acceptors (Lipinski definition) is 4. The monoisotopic (exact) mass is 1360 g/mol. The van der Waals surface area contributed by atoms with E-state index in [0.717, 1.165) is 49.7 Å². The van der Waals surface area contributed by atoms with Crippen LogP contribution in [-0.2, 0) is 15.7 Å². The van der Waals surface area contributed by atoms with Crippen LogP contribution in [0.5, 0.6) is 0 Å². The molecule has 0 saturated carbocycles. The van der Waals surface area contributed by atoms with Crippen molar-refractivity contribution in [2.75, 3.05) is 0 Å². The minimum absolute atomic E-state index is 0.169. The van der Waals surface area contributed by atoms with Gasteiger partial charge in [0.25, 0.3) is 0 Å². The maximum atomic E-state index is 16.3. The molecule has 0 N–H and O–H groups in total. The molecule has 0 aliphatic rings. The third-order valence-corrected chi connectivity index (χ3v) is 50.4. The van der Waals surface area contributed by atoms with Crippen molar-refractivity contribution in [3.05, 3.63) is 250 Å². The number of carbonyl (C=O) groups excluding carboxylic acids is 2. The van der Waals surface area contributed by atoms with Crippen molar-refractivity contribution < 1.29 is 15.7 Å². The van der Waals surface area contributed by atoms with Gasteiger partial charge in [0.15, 0.2) is 0 Å². The van der Waals surface area contributed by atoms with Gasteiger partial charge in [-0.1, -0.05) is 0 Å². The SMILES string of the molecule is CCCCCCC[CH2][Sn]([CH2]CCCCCCC)([O]C(=O)C[CH](c1ccccc1C)[Ge]([c]1ccc(C)cc1)([c]1ccc(C)cc1)[c]1ccc(C)cc1)[O]C(=O)C[CH](c1ccccc1C)[Ge]([c]1ccc(C)cc1)([c]1ccc(C)cc1)[c]1ccc(C)cc1. The second-order valence-corrected chi connectivity index (χ2v) is 51.1.